The highest BCUT2D eigenvalue weighted by Gasteiger charge is 2.01. The molecule has 0 saturated carbocycles. The van der Waals surface area contributed by atoms with Crippen molar-refractivity contribution in [1.29, 1.82) is 5.53 Å². The van der Waals surface area contributed by atoms with Crippen LogP contribution in [-0.4, -0.2) is 12.5 Å². The maximum atomic E-state index is 11.3. The van der Waals surface area contributed by atoms with E-state index in [1.807, 2.05) is 30.3 Å². The Labute approximate surface area is 100.0 Å². The molecule has 90 valence electrons. The highest BCUT2D eigenvalue weighted by atomic mass is 16.5. The number of carbonyl (C=O) groups excluding carboxylic acids is 1. The van der Waals surface area contributed by atoms with E-state index in [1.54, 1.807) is 6.92 Å². The fraction of sp³-hybridized carbons (Fsp3) is 0.250. The molecule has 0 spiro atoms. The lowest BCUT2D eigenvalue weighted by atomic mass is 10.2. The zero-order chi connectivity index (χ0) is 12.5. The second kappa shape index (κ2) is 7.16. The number of hydrogen-bond donors (Lipinski definition) is 2. The topological polar surface area (TPSA) is 74.5 Å². The number of allylic oxidation sites excluding steroid dienone is 1. The van der Waals surface area contributed by atoms with E-state index in [-0.39, 0.29) is 19.1 Å². The van der Waals surface area contributed by atoms with Crippen molar-refractivity contribution in [1.82, 2.24) is 5.32 Å². The Morgan fingerprint density at radius 3 is 2.82 bits per heavy atom. The summed E-state index contributed by atoms with van der Waals surface area (Å²) in [5.74, 6) is -0.345. The minimum absolute atomic E-state index is 0.0691. The molecule has 0 aromatic heterocycles. The lowest BCUT2D eigenvalue weighted by Crippen LogP contribution is -2.20. The van der Waals surface area contributed by atoms with Gasteiger partial charge in [0.15, 0.2) is 0 Å². The Balaban J connectivity index is 2.24. The van der Waals surface area contributed by atoms with Crippen molar-refractivity contribution in [3.05, 3.63) is 47.8 Å². The zero-order valence-electron chi connectivity index (χ0n) is 9.64. The van der Waals surface area contributed by atoms with Gasteiger partial charge in [-0.25, -0.2) is 5.53 Å². The van der Waals surface area contributed by atoms with Crippen LogP contribution in [0.1, 0.15) is 12.5 Å². The van der Waals surface area contributed by atoms with E-state index >= 15 is 0 Å². The Kier molecular flexibility index (Phi) is 5.43. The van der Waals surface area contributed by atoms with Crippen LogP contribution in [0.25, 0.3) is 0 Å². The van der Waals surface area contributed by atoms with Gasteiger partial charge in [-0.15, -0.1) is 0 Å². The van der Waals surface area contributed by atoms with Crippen molar-refractivity contribution in [2.24, 2.45) is 5.11 Å². The number of carbonyl (C=O) groups is 1. The molecule has 1 aromatic carbocycles. The molecule has 0 saturated heterocycles. The standard InChI is InChI=1S/C12H15N3O2/c1-10(15-13)7-14-8-12(16)17-9-11-5-3-2-4-6-11/h2-7,13-14H,8-9H2,1H3/b10-7-,15-13?. The van der Waals surface area contributed by atoms with Gasteiger partial charge in [-0.2, -0.15) is 5.11 Å². The van der Waals surface area contributed by atoms with Crippen LogP contribution in [0.2, 0.25) is 0 Å². The first-order valence-corrected chi connectivity index (χ1v) is 5.19. The summed E-state index contributed by atoms with van der Waals surface area (Å²) in [7, 11) is 0. The van der Waals surface area contributed by atoms with Crippen LogP contribution in [0.15, 0.2) is 47.3 Å². The number of esters is 1. The fourth-order valence-electron chi connectivity index (χ4n) is 1.10. The van der Waals surface area contributed by atoms with Gasteiger partial charge >= 0.3 is 5.97 Å². The average Bonchev–Trinajstić information content (AvgIpc) is 2.37. The summed E-state index contributed by atoms with van der Waals surface area (Å²) in [5.41, 5.74) is 8.14. The van der Waals surface area contributed by atoms with E-state index in [4.69, 9.17) is 10.3 Å². The third-order valence-electron chi connectivity index (χ3n) is 1.98. The van der Waals surface area contributed by atoms with Crippen molar-refractivity contribution in [3.8, 4) is 0 Å². The lowest BCUT2D eigenvalue weighted by Gasteiger charge is -2.04. The smallest absolute Gasteiger partial charge is 0.325 e. The molecule has 0 aliphatic heterocycles. The molecule has 0 bridgehead atoms. The maximum absolute atomic E-state index is 11.3. The van der Waals surface area contributed by atoms with Gasteiger partial charge in [0.05, 0.1) is 5.70 Å². The molecule has 5 heteroatoms. The number of nitrogens with zero attached hydrogens (tertiary/aromatic N) is 1. The van der Waals surface area contributed by atoms with Crippen LogP contribution in [-0.2, 0) is 16.1 Å². The van der Waals surface area contributed by atoms with Gasteiger partial charge in [-0.1, -0.05) is 30.3 Å². The Hall–Kier alpha value is -2.17. The summed E-state index contributed by atoms with van der Waals surface area (Å²) in [6, 6.07) is 9.48. The molecule has 1 rings (SSSR count). The quantitative estimate of drug-likeness (QED) is 0.584. The highest BCUT2D eigenvalue weighted by molar-refractivity contribution is 5.71. The van der Waals surface area contributed by atoms with E-state index in [0.29, 0.717) is 5.70 Å². The Morgan fingerprint density at radius 2 is 2.18 bits per heavy atom. The van der Waals surface area contributed by atoms with Crippen LogP contribution < -0.4 is 5.32 Å². The second-order valence-corrected chi connectivity index (χ2v) is 3.42. The van der Waals surface area contributed by atoms with Crippen LogP contribution in [0.5, 0.6) is 0 Å². The number of ether oxygens (including phenoxy) is 1. The molecule has 0 unspecified atom stereocenters. The van der Waals surface area contributed by atoms with Crippen LogP contribution in [0.3, 0.4) is 0 Å². The molecule has 5 nitrogen and oxygen atoms in total. The van der Waals surface area contributed by atoms with Crippen molar-refractivity contribution in [3.63, 3.8) is 0 Å². The van der Waals surface area contributed by atoms with Crippen LogP contribution >= 0.6 is 0 Å². The Morgan fingerprint density at radius 1 is 1.47 bits per heavy atom. The highest BCUT2D eigenvalue weighted by Crippen LogP contribution is 2.00. The third kappa shape index (κ3) is 5.46. The van der Waals surface area contributed by atoms with Gasteiger partial charge in [0.25, 0.3) is 0 Å². The Bertz CT molecular complexity index is 401. The fourth-order valence-corrected chi connectivity index (χ4v) is 1.10. The molecule has 0 fully saturated rings. The number of hydrogen-bond acceptors (Lipinski definition) is 5. The van der Waals surface area contributed by atoms with E-state index < -0.39 is 0 Å². The monoisotopic (exact) mass is 233 g/mol. The molecule has 0 radical (unpaired) electrons. The predicted octanol–water partition coefficient (Wildman–Crippen LogP) is 2.21. The minimum atomic E-state index is -0.345. The minimum Gasteiger partial charge on any atom is -0.460 e. The van der Waals surface area contributed by atoms with Gasteiger partial charge in [0, 0.05) is 6.20 Å². The normalized spacial score (nSPS) is 10.8. The summed E-state index contributed by atoms with van der Waals surface area (Å²) in [5, 5.41) is 5.90. The molecule has 0 atom stereocenters. The van der Waals surface area contributed by atoms with Crippen molar-refractivity contribution < 1.29 is 9.53 Å². The lowest BCUT2D eigenvalue weighted by molar-refractivity contribution is -0.143. The van der Waals surface area contributed by atoms with Gasteiger partial charge in [0.1, 0.15) is 13.2 Å². The van der Waals surface area contributed by atoms with Gasteiger partial charge < -0.3 is 10.1 Å². The number of benzene rings is 1. The first-order valence-electron chi connectivity index (χ1n) is 5.19. The molecule has 0 heterocycles. The molecule has 0 amide bonds. The largest absolute Gasteiger partial charge is 0.460 e. The van der Waals surface area contributed by atoms with Crippen LogP contribution in [0.4, 0.5) is 0 Å². The van der Waals surface area contributed by atoms with Crippen molar-refractivity contribution in [2.75, 3.05) is 6.54 Å². The first kappa shape index (κ1) is 12.9. The van der Waals surface area contributed by atoms with E-state index in [2.05, 4.69) is 10.4 Å². The zero-order valence-corrected chi connectivity index (χ0v) is 9.64. The summed E-state index contributed by atoms with van der Waals surface area (Å²) in [4.78, 5) is 11.3. The SMILES string of the molecule is C/C(=C/NCC(=O)OCc1ccccc1)N=N. The van der Waals surface area contributed by atoms with Gasteiger partial charge in [0.2, 0.25) is 0 Å². The van der Waals surface area contributed by atoms with Gasteiger partial charge in [-0.3, -0.25) is 4.79 Å². The number of rotatable bonds is 6. The van der Waals surface area contributed by atoms with E-state index in [0.717, 1.165) is 5.56 Å². The molecule has 0 aliphatic carbocycles. The molecular weight excluding hydrogens is 218 g/mol. The molecule has 2 N–H and O–H groups in total. The maximum Gasteiger partial charge on any atom is 0.325 e. The third-order valence-corrected chi connectivity index (χ3v) is 1.98. The summed E-state index contributed by atoms with van der Waals surface area (Å²) >= 11 is 0. The molecule has 1 aromatic rings. The molecule has 17 heavy (non-hydrogen) atoms. The summed E-state index contributed by atoms with van der Waals surface area (Å²) < 4.78 is 5.04. The van der Waals surface area contributed by atoms with Gasteiger partial charge in [-0.05, 0) is 12.5 Å². The number of nitrogens with one attached hydrogen (secondary N) is 2. The van der Waals surface area contributed by atoms with Crippen molar-refractivity contribution in [2.45, 2.75) is 13.5 Å². The van der Waals surface area contributed by atoms with Crippen LogP contribution in [0, 0.1) is 5.53 Å². The first-order chi connectivity index (χ1) is 8.22. The van der Waals surface area contributed by atoms with Crippen molar-refractivity contribution >= 4 is 5.97 Å². The second-order valence-electron chi connectivity index (χ2n) is 3.42. The molecular formula is C12H15N3O2. The predicted molar refractivity (Wildman–Crippen MR) is 63.1 cm³/mol. The summed E-state index contributed by atoms with van der Waals surface area (Å²) in [6.45, 7) is 2.00. The van der Waals surface area contributed by atoms with E-state index in [1.165, 1.54) is 6.20 Å². The molecule has 0 aliphatic rings. The van der Waals surface area contributed by atoms with E-state index in [9.17, 15) is 4.79 Å². The average molecular weight is 233 g/mol. The summed E-state index contributed by atoms with van der Waals surface area (Å²) in [6.07, 6.45) is 1.50.